The van der Waals surface area contributed by atoms with E-state index in [1.807, 2.05) is 32.0 Å². The lowest BCUT2D eigenvalue weighted by Crippen LogP contribution is -2.51. The summed E-state index contributed by atoms with van der Waals surface area (Å²) in [5.41, 5.74) is 2.72. The van der Waals surface area contributed by atoms with E-state index in [1.54, 1.807) is 0 Å². The monoisotopic (exact) mass is 322 g/mol. The lowest BCUT2D eigenvalue weighted by atomic mass is 10.1. The minimum Gasteiger partial charge on any atom is -0.480 e. The number of carboxylic acid groups (broad SMARTS) is 1. The van der Waals surface area contributed by atoms with Crippen LogP contribution in [0.15, 0.2) is 18.2 Å². The average Bonchev–Trinajstić information content (AvgIpc) is 2.45. The van der Waals surface area contributed by atoms with E-state index in [0.717, 1.165) is 16.8 Å². The predicted molar refractivity (Wildman–Crippen MR) is 85.0 cm³/mol. The molecule has 1 aromatic carbocycles. The lowest BCUT2D eigenvalue weighted by molar-refractivity contribution is -0.141. The summed E-state index contributed by atoms with van der Waals surface area (Å²) in [6.45, 7) is 3.83. The Kier molecular flexibility index (Phi) is 5.07. The smallest absolute Gasteiger partial charge is 0.327 e. The van der Waals surface area contributed by atoms with Crippen molar-refractivity contribution in [3.05, 3.63) is 29.3 Å². The lowest BCUT2D eigenvalue weighted by Gasteiger charge is -2.25. The van der Waals surface area contributed by atoms with Gasteiger partial charge in [-0.25, -0.2) is 4.79 Å². The molecule has 1 aliphatic rings. The standard InChI is InChI=1S/C15H18N2O4S/c1-8-3-4-9(2)10(5-8)16-13(18)6-12-14(19)17-11(7-22-12)15(20)21/h3-5,11-12H,6-7H2,1-2H3,(H,16,18)(H,17,19)(H,20,21). The first-order valence-electron chi connectivity index (χ1n) is 6.88. The molecule has 1 saturated heterocycles. The Morgan fingerprint density at radius 2 is 2.14 bits per heavy atom. The molecule has 1 aromatic rings. The van der Waals surface area contributed by atoms with E-state index in [2.05, 4.69) is 10.6 Å². The van der Waals surface area contributed by atoms with E-state index >= 15 is 0 Å². The van der Waals surface area contributed by atoms with Crippen LogP contribution in [0.5, 0.6) is 0 Å². The molecule has 2 amide bonds. The van der Waals surface area contributed by atoms with Crippen LogP contribution in [0, 0.1) is 13.8 Å². The van der Waals surface area contributed by atoms with Crippen LogP contribution in [0.3, 0.4) is 0 Å². The van der Waals surface area contributed by atoms with Crippen molar-refractivity contribution in [1.29, 1.82) is 0 Å². The van der Waals surface area contributed by atoms with Crippen molar-refractivity contribution in [2.45, 2.75) is 31.6 Å². The number of hydrogen-bond donors (Lipinski definition) is 3. The quantitative estimate of drug-likeness (QED) is 0.777. The van der Waals surface area contributed by atoms with Gasteiger partial charge in [-0.05, 0) is 31.0 Å². The Morgan fingerprint density at radius 1 is 1.41 bits per heavy atom. The third-order valence-corrected chi connectivity index (χ3v) is 4.72. The highest BCUT2D eigenvalue weighted by Gasteiger charge is 2.33. The number of thioether (sulfide) groups is 1. The molecule has 0 aromatic heterocycles. The van der Waals surface area contributed by atoms with Crippen molar-refractivity contribution in [1.82, 2.24) is 5.32 Å². The largest absolute Gasteiger partial charge is 0.480 e. The van der Waals surface area contributed by atoms with Gasteiger partial charge in [0.05, 0.1) is 5.25 Å². The van der Waals surface area contributed by atoms with Crippen LogP contribution >= 0.6 is 11.8 Å². The second kappa shape index (κ2) is 6.83. The van der Waals surface area contributed by atoms with Gasteiger partial charge >= 0.3 is 5.97 Å². The molecule has 0 saturated carbocycles. The highest BCUT2D eigenvalue weighted by atomic mass is 32.2. The van der Waals surface area contributed by atoms with Gasteiger partial charge < -0.3 is 15.7 Å². The molecule has 118 valence electrons. The topological polar surface area (TPSA) is 95.5 Å². The zero-order valence-corrected chi connectivity index (χ0v) is 13.2. The highest BCUT2D eigenvalue weighted by molar-refractivity contribution is 8.00. The summed E-state index contributed by atoms with van der Waals surface area (Å²) in [6.07, 6.45) is 0.0240. The van der Waals surface area contributed by atoms with Gasteiger partial charge in [0, 0.05) is 17.9 Å². The van der Waals surface area contributed by atoms with Gasteiger partial charge in [0.15, 0.2) is 0 Å². The Hall–Kier alpha value is -2.02. The molecule has 1 heterocycles. The zero-order valence-electron chi connectivity index (χ0n) is 12.4. The summed E-state index contributed by atoms with van der Waals surface area (Å²) in [4.78, 5) is 34.8. The molecule has 1 fully saturated rings. The third-order valence-electron chi connectivity index (χ3n) is 3.41. The number of amides is 2. The number of anilines is 1. The third kappa shape index (κ3) is 4.00. The first-order valence-corrected chi connectivity index (χ1v) is 7.93. The normalized spacial score (nSPS) is 21.1. The Balaban J connectivity index is 1.94. The molecule has 0 aliphatic carbocycles. The van der Waals surface area contributed by atoms with E-state index in [9.17, 15) is 14.4 Å². The van der Waals surface area contributed by atoms with Crippen molar-refractivity contribution in [3.63, 3.8) is 0 Å². The number of carbonyl (C=O) groups excluding carboxylic acids is 2. The van der Waals surface area contributed by atoms with Crippen molar-refractivity contribution in [3.8, 4) is 0 Å². The average molecular weight is 322 g/mol. The maximum absolute atomic E-state index is 12.1. The van der Waals surface area contributed by atoms with Crippen molar-refractivity contribution in [2.75, 3.05) is 11.1 Å². The fourth-order valence-electron chi connectivity index (χ4n) is 2.12. The number of aliphatic carboxylic acids is 1. The molecule has 2 rings (SSSR count). The van der Waals surface area contributed by atoms with E-state index in [-0.39, 0.29) is 18.1 Å². The summed E-state index contributed by atoms with van der Waals surface area (Å²) >= 11 is 1.20. The summed E-state index contributed by atoms with van der Waals surface area (Å²) in [5, 5.41) is 13.5. The fourth-order valence-corrected chi connectivity index (χ4v) is 3.26. The van der Waals surface area contributed by atoms with Crippen LogP contribution in [0.4, 0.5) is 5.69 Å². The number of benzene rings is 1. The zero-order chi connectivity index (χ0) is 16.3. The molecule has 0 spiro atoms. The van der Waals surface area contributed by atoms with Gasteiger partial charge in [-0.3, -0.25) is 9.59 Å². The Morgan fingerprint density at radius 3 is 2.77 bits per heavy atom. The van der Waals surface area contributed by atoms with Crippen LogP contribution in [-0.2, 0) is 14.4 Å². The molecule has 6 nitrogen and oxygen atoms in total. The molecular formula is C15H18N2O4S. The minimum atomic E-state index is -1.06. The number of carbonyl (C=O) groups is 3. The van der Waals surface area contributed by atoms with Crippen LogP contribution in [0.25, 0.3) is 0 Å². The van der Waals surface area contributed by atoms with E-state index in [1.165, 1.54) is 11.8 Å². The van der Waals surface area contributed by atoms with E-state index < -0.39 is 23.2 Å². The molecule has 1 aliphatic heterocycles. The molecule has 2 atom stereocenters. The molecule has 2 unspecified atom stereocenters. The maximum atomic E-state index is 12.1. The summed E-state index contributed by atoms with van der Waals surface area (Å²) in [7, 11) is 0. The molecule has 0 radical (unpaired) electrons. The maximum Gasteiger partial charge on any atom is 0.327 e. The highest BCUT2D eigenvalue weighted by Crippen LogP contribution is 2.23. The Bertz CT molecular complexity index is 618. The molecule has 0 bridgehead atoms. The van der Waals surface area contributed by atoms with Crippen molar-refractivity contribution in [2.24, 2.45) is 0 Å². The number of nitrogens with one attached hydrogen (secondary N) is 2. The first-order chi connectivity index (χ1) is 10.4. The van der Waals surface area contributed by atoms with Crippen LogP contribution in [-0.4, -0.2) is 39.9 Å². The van der Waals surface area contributed by atoms with Gasteiger partial charge in [0.25, 0.3) is 0 Å². The molecule has 22 heavy (non-hydrogen) atoms. The second-order valence-corrected chi connectivity index (χ2v) is 6.53. The molecular weight excluding hydrogens is 304 g/mol. The number of carboxylic acids is 1. The fraction of sp³-hybridized carbons (Fsp3) is 0.400. The predicted octanol–water partition coefficient (Wildman–Crippen LogP) is 1.32. The number of aryl methyl sites for hydroxylation is 2. The van der Waals surface area contributed by atoms with Gasteiger partial charge in [0.2, 0.25) is 11.8 Å². The van der Waals surface area contributed by atoms with Crippen LogP contribution in [0.2, 0.25) is 0 Å². The van der Waals surface area contributed by atoms with Gasteiger partial charge in [0.1, 0.15) is 6.04 Å². The molecule has 7 heteroatoms. The van der Waals surface area contributed by atoms with Gasteiger partial charge in [-0.2, -0.15) is 0 Å². The summed E-state index contributed by atoms with van der Waals surface area (Å²) in [5.74, 6) is -1.45. The second-order valence-electron chi connectivity index (χ2n) is 5.29. The van der Waals surface area contributed by atoms with Crippen molar-refractivity contribution < 1.29 is 19.5 Å². The Labute approximate surface area is 132 Å². The SMILES string of the molecule is Cc1ccc(C)c(NC(=O)CC2SCC(C(=O)O)NC2=O)c1. The number of rotatable bonds is 4. The van der Waals surface area contributed by atoms with Crippen molar-refractivity contribution >= 4 is 35.2 Å². The summed E-state index contributed by atoms with van der Waals surface area (Å²) in [6, 6.07) is 4.88. The van der Waals surface area contributed by atoms with E-state index in [0.29, 0.717) is 0 Å². The summed E-state index contributed by atoms with van der Waals surface area (Å²) < 4.78 is 0. The van der Waals surface area contributed by atoms with Crippen LogP contribution < -0.4 is 10.6 Å². The molecule has 3 N–H and O–H groups in total. The first kappa shape index (κ1) is 16.4. The number of hydrogen-bond acceptors (Lipinski definition) is 4. The van der Waals surface area contributed by atoms with Crippen LogP contribution in [0.1, 0.15) is 17.5 Å². The van der Waals surface area contributed by atoms with Gasteiger partial charge in [-0.1, -0.05) is 12.1 Å². The minimum absolute atomic E-state index is 0.0240. The van der Waals surface area contributed by atoms with Gasteiger partial charge in [-0.15, -0.1) is 11.8 Å². The van der Waals surface area contributed by atoms with E-state index in [4.69, 9.17) is 5.11 Å².